The molecule has 6 nitrogen and oxygen atoms in total. The molecule has 0 spiro atoms. The van der Waals surface area contributed by atoms with E-state index in [-0.39, 0.29) is 12.5 Å². The summed E-state index contributed by atoms with van der Waals surface area (Å²) >= 11 is 1.55. The first-order valence-corrected chi connectivity index (χ1v) is 10.6. The molecule has 0 bridgehead atoms. The molecule has 0 radical (unpaired) electrons. The molecule has 0 fully saturated rings. The monoisotopic (exact) mass is 400 g/mol. The normalized spacial score (nSPS) is 16.2. The average Bonchev–Trinajstić information content (AvgIpc) is 3.25. The third kappa shape index (κ3) is 4.91. The first kappa shape index (κ1) is 20.4. The highest BCUT2D eigenvalue weighted by Crippen LogP contribution is 2.26. The number of anilines is 1. The SMILES string of the molecule is CCNC(=NCC(=O)N1CCCc2ccccc21)NCC(C)(O)c1ccsc1. The number of aliphatic imine (C=N–C) groups is 1. The smallest absolute Gasteiger partial charge is 0.248 e. The zero-order chi connectivity index (χ0) is 20.0. The molecule has 28 heavy (non-hydrogen) atoms. The van der Waals surface area contributed by atoms with Crippen molar-refractivity contribution < 1.29 is 9.90 Å². The van der Waals surface area contributed by atoms with Gasteiger partial charge in [-0.15, -0.1) is 0 Å². The molecule has 3 N–H and O–H groups in total. The largest absolute Gasteiger partial charge is 0.384 e. The molecule has 2 aromatic rings. The van der Waals surface area contributed by atoms with Gasteiger partial charge in [0.2, 0.25) is 5.91 Å². The van der Waals surface area contributed by atoms with Crippen LogP contribution in [0.1, 0.15) is 31.4 Å². The molecule has 2 heterocycles. The molecule has 150 valence electrons. The molecule has 1 aromatic carbocycles. The molecule has 1 aliphatic rings. The Hall–Kier alpha value is -2.38. The number of carbonyl (C=O) groups is 1. The summed E-state index contributed by atoms with van der Waals surface area (Å²) in [5, 5.41) is 20.8. The first-order valence-electron chi connectivity index (χ1n) is 9.67. The van der Waals surface area contributed by atoms with E-state index in [2.05, 4.69) is 21.7 Å². The Labute approximate surface area is 170 Å². The van der Waals surface area contributed by atoms with Crippen LogP contribution < -0.4 is 15.5 Å². The van der Waals surface area contributed by atoms with Gasteiger partial charge in [-0.1, -0.05) is 18.2 Å². The molecule has 0 saturated carbocycles. The number of amides is 1. The third-order valence-electron chi connectivity index (χ3n) is 4.87. The Bertz CT molecular complexity index is 818. The fourth-order valence-corrected chi connectivity index (χ4v) is 4.08. The first-order chi connectivity index (χ1) is 13.5. The number of nitrogens with one attached hydrogen (secondary N) is 2. The second-order valence-electron chi connectivity index (χ2n) is 7.11. The van der Waals surface area contributed by atoms with Crippen molar-refractivity contribution in [2.75, 3.05) is 31.1 Å². The predicted octanol–water partition coefficient (Wildman–Crippen LogP) is 2.49. The number of thiophene rings is 1. The van der Waals surface area contributed by atoms with Crippen molar-refractivity contribution in [3.8, 4) is 0 Å². The molecular formula is C21H28N4O2S. The van der Waals surface area contributed by atoms with Crippen LogP contribution in [0.15, 0.2) is 46.1 Å². The van der Waals surface area contributed by atoms with E-state index in [0.717, 1.165) is 30.6 Å². The van der Waals surface area contributed by atoms with Gasteiger partial charge in [-0.25, -0.2) is 4.99 Å². The molecule has 1 aromatic heterocycles. The lowest BCUT2D eigenvalue weighted by Gasteiger charge is -2.29. The Balaban J connectivity index is 1.64. The number of rotatable bonds is 6. The van der Waals surface area contributed by atoms with E-state index in [1.165, 1.54) is 5.56 Å². The van der Waals surface area contributed by atoms with Crippen molar-refractivity contribution in [2.24, 2.45) is 4.99 Å². The van der Waals surface area contributed by atoms with Crippen LogP contribution in [-0.2, 0) is 16.8 Å². The fourth-order valence-electron chi connectivity index (χ4n) is 3.30. The van der Waals surface area contributed by atoms with Crippen LogP contribution in [0.25, 0.3) is 0 Å². The number of hydrogen-bond acceptors (Lipinski definition) is 4. The van der Waals surface area contributed by atoms with Gasteiger partial charge in [0.15, 0.2) is 5.96 Å². The maximum absolute atomic E-state index is 12.8. The van der Waals surface area contributed by atoms with E-state index in [1.54, 1.807) is 18.3 Å². The van der Waals surface area contributed by atoms with Gasteiger partial charge in [0, 0.05) is 18.8 Å². The number of carbonyl (C=O) groups excluding carboxylic acids is 1. The van der Waals surface area contributed by atoms with Crippen LogP contribution in [0, 0.1) is 0 Å². The van der Waals surface area contributed by atoms with Gasteiger partial charge in [-0.3, -0.25) is 4.79 Å². The Morgan fingerprint density at radius 1 is 1.32 bits per heavy atom. The van der Waals surface area contributed by atoms with Gasteiger partial charge in [0.25, 0.3) is 0 Å². The summed E-state index contributed by atoms with van der Waals surface area (Å²) in [7, 11) is 0. The van der Waals surface area contributed by atoms with Crippen molar-refractivity contribution >= 4 is 28.9 Å². The number of para-hydroxylation sites is 1. The van der Waals surface area contributed by atoms with E-state index in [0.29, 0.717) is 19.0 Å². The molecule has 1 unspecified atom stereocenters. The van der Waals surface area contributed by atoms with Gasteiger partial charge >= 0.3 is 0 Å². The van der Waals surface area contributed by atoms with E-state index in [1.807, 2.05) is 46.8 Å². The Kier molecular flexibility index (Phi) is 6.70. The predicted molar refractivity (Wildman–Crippen MR) is 115 cm³/mol. The quantitative estimate of drug-likeness (QED) is 0.514. The number of aryl methyl sites for hydroxylation is 1. The number of guanidine groups is 1. The van der Waals surface area contributed by atoms with Gasteiger partial charge < -0.3 is 20.6 Å². The van der Waals surface area contributed by atoms with Crippen LogP contribution >= 0.6 is 11.3 Å². The molecular weight excluding hydrogens is 372 g/mol. The summed E-state index contributed by atoms with van der Waals surface area (Å²) in [4.78, 5) is 19.0. The second kappa shape index (κ2) is 9.21. The summed E-state index contributed by atoms with van der Waals surface area (Å²) in [5.41, 5.74) is 2.06. The average molecular weight is 401 g/mol. The Morgan fingerprint density at radius 3 is 2.89 bits per heavy atom. The van der Waals surface area contributed by atoms with E-state index in [4.69, 9.17) is 0 Å². The second-order valence-corrected chi connectivity index (χ2v) is 7.89. The topological polar surface area (TPSA) is 77.0 Å². The van der Waals surface area contributed by atoms with Crippen molar-refractivity contribution in [3.63, 3.8) is 0 Å². The van der Waals surface area contributed by atoms with Crippen LogP contribution in [-0.4, -0.2) is 43.2 Å². The minimum Gasteiger partial charge on any atom is -0.384 e. The molecule has 0 aliphatic carbocycles. The van der Waals surface area contributed by atoms with Crippen LogP contribution in [0.3, 0.4) is 0 Å². The van der Waals surface area contributed by atoms with Gasteiger partial charge in [0.1, 0.15) is 12.1 Å². The van der Waals surface area contributed by atoms with Gasteiger partial charge in [-0.05, 0) is 60.7 Å². The molecule has 7 heteroatoms. The van der Waals surface area contributed by atoms with Crippen molar-refractivity contribution in [3.05, 3.63) is 52.2 Å². The highest BCUT2D eigenvalue weighted by atomic mass is 32.1. The van der Waals surface area contributed by atoms with Crippen LogP contribution in [0.5, 0.6) is 0 Å². The maximum Gasteiger partial charge on any atom is 0.248 e. The minimum absolute atomic E-state index is 0.0195. The summed E-state index contributed by atoms with van der Waals surface area (Å²) in [5.74, 6) is 0.505. The lowest BCUT2D eigenvalue weighted by molar-refractivity contribution is -0.117. The molecule has 3 rings (SSSR count). The summed E-state index contributed by atoms with van der Waals surface area (Å²) in [6.07, 6.45) is 1.97. The summed E-state index contributed by atoms with van der Waals surface area (Å²) in [6.45, 7) is 5.49. The fraction of sp³-hybridized carbons (Fsp3) is 0.429. The molecule has 0 saturated heterocycles. The lowest BCUT2D eigenvalue weighted by Crippen LogP contribution is -2.45. The molecule has 1 aliphatic heterocycles. The van der Waals surface area contributed by atoms with Crippen LogP contribution in [0.4, 0.5) is 5.69 Å². The summed E-state index contributed by atoms with van der Waals surface area (Å²) < 4.78 is 0. The van der Waals surface area contributed by atoms with Crippen molar-refractivity contribution in [1.29, 1.82) is 0 Å². The highest BCUT2D eigenvalue weighted by Gasteiger charge is 2.24. The highest BCUT2D eigenvalue weighted by molar-refractivity contribution is 7.08. The third-order valence-corrected chi connectivity index (χ3v) is 5.55. The lowest BCUT2D eigenvalue weighted by atomic mass is 9.99. The number of benzene rings is 1. The maximum atomic E-state index is 12.8. The van der Waals surface area contributed by atoms with Crippen molar-refractivity contribution in [2.45, 2.75) is 32.3 Å². The van der Waals surface area contributed by atoms with Gasteiger partial charge in [-0.2, -0.15) is 11.3 Å². The molecule has 1 atom stereocenters. The number of aliphatic hydroxyl groups is 1. The zero-order valence-electron chi connectivity index (χ0n) is 16.4. The van der Waals surface area contributed by atoms with E-state index < -0.39 is 5.60 Å². The van der Waals surface area contributed by atoms with Crippen LogP contribution in [0.2, 0.25) is 0 Å². The molecule has 1 amide bonds. The number of fused-ring (bicyclic) bond motifs is 1. The van der Waals surface area contributed by atoms with Crippen molar-refractivity contribution in [1.82, 2.24) is 10.6 Å². The number of hydrogen-bond donors (Lipinski definition) is 3. The Morgan fingerprint density at radius 2 is 2.14 bits per heavy atom. The standard InChI is InChI=1S/C21H28N4O2S/c1-3-22-20(24-15-21(2,27)17-10-12-28-14-17)23-13-19(26)25-11-6-8-16-7-4-5-9-18(16)25/h4-5,7,9-10,12,14,27H,3,6,8,11,13,15H2,1-2H3,(H2,22,23,24). The van der Waals surface area contributed by atoms with Gasteiger partial charge in [0.05, 0.1) is 6.54 Å². The van der Waals surface area contributed by atoms with E-state index >= 15 is 0 Å². The summed E-state index contributed by atoms with van der Waals surface area (Å²) in [6, 6.07) is 9.96. The zero-order valence-corrected chi connectivity index (χ0v) is 17.3. The number of nitrogens with zero attached hydrogens (tertiary/aromatic N) is 2. The van der Waals surface area contributed by atoms with E-state index in [9.17, 15) is 9.90 Å². The minimum atomic E-state index is -1.01.